The first kappa shape index (κ1) is 143. The van der Waals surface area contributed by atoms with Crippen LogP contribution in [0.3, 0.4) is 0 Å². The van der Waals surface area contributed by atoms with Crippen molar-refractivity contribution in [2.45, 2.75) is 348 Å². The molecule has 0 aromatic rings. The summed E-state index contributed by atoms with van der Waals surface area (Å²) < 4.78 is 93.3. The molecule has 6 unspecified atom stereocenters. The van der Waals surface area contributed by atoms with E-state index < -0.39 is 191 Å². The van der Waals surface area contributed by atoms with E-state index in [1.807, 2.05) is 0 Å². The molecule has 9 rings (SSSR count). The van der Waals surface area contributed by atoms with Gasteiger partial charge in [0.05, 0.1) is 74.1 Å². The Kier molecular flexibility index (Phi) is 71.8. The van der Waals surface area contributed by atoms with Crippen molar-refractivity contribution in [2.75, 3.05) is 92.7 Å². The molecule has 9 saturated heterocycles. The third-order valence-electron chi connectivity index (χ3n) is 19.6. The molecule has 0 spiro atoms. The van der Waals surface area contributed by atoms with Gasteiger partial charge in [-0.05, 0) is 152 Å². The van der Waals surface area contributed by atoms with Gasteiger partial charge in [0.15, 0.2) is 33.7 Å². The molecule has 0 amide bonds. The molecule has 0 aromatic carbocycles. The Hall–Kier alpha value is 5.64. The van der Waals surface area contributed by atoms with Crippen molar-refractivity contribution in [3.8, 4) is 0 Å². The fourth-order valence-corrected chi connectivity index (χ4v) is 19.6. The predicted molar refractivity (Wildman–Crippen MR) is 501 cm³/mol. The van der Waals surface area contributed by atoms with E-state index in [0.717, 1.165) is 6.29 Å². The van der Waals surface area contributed by atoms with Crippen LogP contribution in [-0.2, 0) is 197 Å². The van der Waals surface area contributed by atoms with E-state index in [1.54, 1.807) is 102 Å². The summed E-state index contributed by atoms with van der Waals surface area (Å²) >= 11 is 58.3. The summed E-state index contributed by atoms with van der Waals surface area (Å²) in [6.07, 6.45) is -9.97. The van der Waals surface area contributed by atoms with Crippen LogP contribution in [0, 0.1) is 0 Å². The largest absolute Gasteiger partial charge is 0 e. The van der Waals surface area contributed by atoms with Crippen molar-refractivity contribution < 1.29 is 248 Å². The zero-order valence-electron chi connectivity index (χ0n) is 78.1. The van der Waals surface area contributed by atoms with Gasteiger partial charge in [-0.1, -0.05) is 15.9 Å². The zero-order chi connectivity index (χ0) is 99.4. The van der Waals surface area contributed by atoms with E-state index in [4.69, 9.17) is 217 Å². The second kappa shape index (κ2) is 64.7. The van der Waals surface area contributed by atoms with Crippen LogP contribution < -0.4 is 0 Å². The topological polar surface area (TPSA) is 433 Å². The van der Waals surface area contributed by atoms with Crippen LogP contribution in [-0.4, -0.2) is 413 Å². The molecule has 9 aliphatic heterocycles. The molecule has 55 heteroatoms. The maximum absolute atomic E-state index is 11.6. The van der Waals surface area contributed by atoms with Gasteiger partial charge in [0, 0.05) is 131 Å². The number of carbonyl (C=O) groups is 4. The predicted octanol–water partition coefficient (Wildman–Crippen LogP) is 7.57. The number of nitrogens with zero attached hydrogens (tertiary/aromatic N) is 2. The Bertz CT molecular complexity index is 3210. The van der Waals surface area contributed by atoms with E-state index in [1.165, 1.54) is 39.3 Å². The summed E-state index contributed by atoms with van der Waals surface area (Å²) in [5.74, 6) is -3.73. The van der Waals surface area contributed by atoms with Gasteiger partial charge >= 0.3 is 169 Å². The van der Waals surface area contributed by atoms with Gasteiger partial charge < -0.3 is 112 Å². The molecule has 129 heavy (non-hydrogen) atoms. The molecular weight excluding hydrogens is 2520 g/mol. The van der Waals surface area contributed by atoms with Gasteiger partial charge in [-0.3, -0.25) is 28.3 Å². The number of rotatable bonds is 20. The number of aliphatic hydroxyl groups is 10. The normalized spacial score (nSPS) is 37.2. The van der Waals surface area contributed by atoms with Crippen LogP contribution in [0.4, 0.5) is 0 Å². The minimum Gasteiger partial charge on any atom is 0 e. The van der Waals surface area contributed by atoms with Gasteiger partial charge in [-0.25, -0.2) is 0 Å². The number of cyclic esters (lactones) is 1. The van der Waals surface area contributed by atoms with Crippen LogP contribution in [0.5, 0.6) is 0 Å². The SMILES string of the molecule is CC(C)N(C(C)C)P(C)N(C(C)C)C(C)C.CC1(C)OC[C@H](C=O)O1.CCOC(=O)C(C)(Cl)[C@H](O)[C@H]1COC(C)(C)O1.CCOC(=O)C(C)Cl.C[C@]1(Cl)C(=O)O[C@H](CO)[C@H]1O.C[C@]1(Cl)C(Br)O[C@H](CO)[C@H]1O.C[PH](Cl)=[W].[B].[B][C@@H]1O[C@@H]2COP(C)(=O)O[C@H]2[C@@]1(C)Cl.[B][C@@H]1O[C@H](CO)[C@@H](O)[C@@]1(C)Cl.[B][C@@H]1O[C@H](CO)[C@@H](O)[C@@]1(C)Cl.[B][C@@H]1O[C@H](CO[PH](C)=[W])[C@@H](O)[C@@]1(C)Cl.[Y].[Y]. The molecule has 0 saturated carbocycles. The minimum atomic E-state index is -2.98. The molecule has 9 fully saturated rings. The van der Waals surface area contributed by atoms with Gasteiger partial charge in [-0.2, -0.15) is 0 Å². The summed E-state index contributed by atoms with van der Waals surface area (Å²) in [4.78, 5) is 35.1. The van der Waals surface area contributed by atoms with Gasteiger partial charge in [0.1, 0.15) is 112 Å². The number of aldehydes is 1. The molecule has 32 nitrogen and oxygen atoms in total. The number of esters is 3. The molecule has 9 aliphatic rings. The van der Waals surface area contributed by atoms with E-state index in [0.29, 0.717) is 44.0 Å². The molecule has 0 aliphatic carbocycles. The molecule has 31 atom stereocenters. The van der Waals surface area contributed by atoms with Gasteiger partial charge in [0.2, 0.25) is 0 Å². The summed E-state index contributed by atoms with van der Waals surface area (Å²) in [6.45, 7) is 50.0. The van der Waals surface area contributed by atoms with E-state index in [2.05, 4.69) is 110 Å². The molecular formula is C74H136B5BrCl9N2O30P4W2Y2. The van der Waals surface area contributed by atoms with Crippen LogP contribution in [0.15, 0.2) is 0 Å². The number of aliphatic hydroxyl groups excluding tert-OH is 10. The van der Waals surface area contributed by atoms with Crippen molar-refractivity contribution >= 4 is 210 Å². The standard InChI is InChI=1S/C13H31N2P.C11H19ClO5.C7H11BClO4P.C7H13BClO3P.2C6H10BClO3.C6H10BrClO3.C6H9ClO4.C6H10O3.C5H9ClO2.CH4ClP.B.2W.2Y/c1-10(2)14(11(3)4)16(9)15(12(5)6)13(7)8;1-5-15-9(14)11(4,12)8(13)7-6-16-10(2,3)17-7;1-7(9)5-4(12-6(7)8)3-11-14(2,10)13-5;1-7(9)5(10)4(3-11-13-2)12-6(7)8;3*1-6(8)4(10)3(2-9)11-5(6)7;1-6(7)4(9)3(2-8)11-5(6)10;1-6(2)8-4-5(3-7)9-6;1-3-8-5(7)4(2)6;1-3-2;;;;;/h10-13H,1-9H3;7-8,13H,5-6H2,1-4H3;4-6H,3H2,1-2H3;4-6,10,13H,3H2,1-2H3;3*3-5,9-10H,2H2,1H3;3-4,8-9H,2H2,1H3;3,5H,4H2,1-2H3;4H,3H2,1-2H3;3H,1H3;;;;;/t;7-,8-,11?;4-,5-,6-,7-,14?;4-,5-,6-,7-;2*3-,4-,5-,6-;3-,4-,5?,6-;3-,4-,6-;5-;;;;;;;/m.11111110......./s1. The first-order valence-electron chi connectivity index (χ1n) is 40.2. The summed E-state index contributed by atoms with van der Waals surface area (Å²) in [6, 6.07) is -0.225. The van der Waals surface area contributed by atoms with Gasteiger partial charge in [-0.15, -0.1) is 81.2 Å². The summed E-state index contributed by atoms with van der Waals surface area (Å²) in [7, 11) is 19.0. The second-order valence-corrected chi connectivity index (χ2v) is 63.5. The van der Waals surface area contributed by atoms with E-state index in [9.17, 15) is 54.4 Å². The summed E-state index contributed by atoms with van der Waals surface area (Å²) in [5, 5.41) is 91.1. The fraction of sp³-hybridized carbons (Fsp3) is 0.946. The third kappa shape index (κ3) is 46.3. The number of carbonyl (C=O) groups excluding carboxylic acids is 4. The van der Waals surface area contributed by atoms with Crippen LogP contribution >= 0.6 is 146 Å². The van der Waals surface area contributed by atoms with Crippen molar-refractivity contribution in [2.24, 2.45) is 0 Å². The van der Waals surface area contributed by atoms with Crippen molar-refractivity contribution in [3.63, 3.8) is 0 Å². The number of fused-ring (bicyclic) bond motifs is 1. The van der Waals surface area contributed by atoms with E-state index >= 15 is 0 Å². The first-order chi connectivity index (χ1) is 57.1. The Morgan fingerprint density at radius 1 is 0.628 bits per heavy atom. The molecule has 0 aromatic heterocycles. The fourth-order valence-electron chi connectivity index (χ4n) is 12.3. The number of hydrogen-bond acceptors (Lipinski definition) is 32. The minimum absolute atomic E-state index is 0. The van der Waals surface area contributed by atoms with Gasteiger partial charge in [0.25, 0.3) is 0 Å². The quantitative estimate of drug-likeness (QED) is 0.0140. The van der Waals surface area contributed by atoms with Crippen LogP contribution in [0.25, 0.3) is 0 Å². The third-order valence-corrected chi connectivity index (χ3v) is 30.4. The van der Waals surface area contributed by atoms with Crippen molar-refractivity contribution in [1.82, 2.24) is 9.34 Å². The summed E-state index contributed by atoms with van der Waals surface area (Å²) in [5.41, 5.74) is 0. The maximum atomic E-state index is 11.6. The molecule has 745 valence electrons. The maximum Gasteiger partial charge on any atom is 0 e. The molecule has 9 heterocycles. The molecule has 13 radical (unpaired) electrons. The first-order valence-corrected chi connectivity index (χ1v) is 61.4. The molecule has 0 bridgehead atoms. The average Bonchev–Trinajstić information content (AvgIpc) is 1.61. The van der Waals surface area contributed by atoms with Crippen LogP contribution in [0.1, 0.15) is 152 Å². The number of halogens is 10. The number of ether oxygens (including phenoxy) is 12. The smallest absolute Gasteiger partial charge is 0 e. The number of hydrogen-bond donors (Lipinski definition) is 10. The average molecular weight is 2660 g/mol. The van der Waals surface area contributed by atoms with Crippen molar-refractivity contribution in [1.29, 1.82) is 0 Å². The van der Waals surface area contributed by atoms with E-state index in [-0.39, 0.29) is 145 Å². The second-order valence-electron chi connectivity index (χ2n) is 33.1. The monoisotopic (exact) mass is 2650 g/mol. The van der Waals surface area contributed by atoms with Crippen LogP contribution in [0.2, 0.25) is 0 Å². The molecule has 10 N–H and O–H groups in total. The van der Waals surface area contributed by atoms with Crippen molar-refractivity contribution in [3.05, 3.63) is 0 Å². The Morgan fingerprint density at radius 3 is 1.22 bits per heavy atom. The Morgan fingerprint density at radius 2 is 0.984 bits per heavy atom. The Labute approximate surface area is 898 Å². The zero-order valence-corrected chi connectivity index (χ0v) is 102. The Balaban J connectivity index is -0.000000441. The number of alkyl halides is 9.